The highest BCUT2D eigenvalue weighted by Gasteiger charge is 2.40. The quantitative estimate of drug-likeness (QED) is 0.879. The number of nitrogens with zero attached hydrogens (tertiary/aromatic N) is 1. The summed E-state index contributed by atoms with van der Waals surface area (Å²) in [4.78, 5) is 24.2. The number of likely N-dealkylation sites (N-methyl/N-ethyl adjacent to an activating group) is 1. The standard InChI is InChI=1S/C12H12ClNO4/c1-14-9(15)6-18-11(12(16)17)10(14)7-3-2-4-8(13)5-7/h2-5,10-11H,6H2,1H3,(H,16,17)/t10-,11+/m1/s1. The molecule has 1 saturated heterocycles. The summed E-state index contributed by atoms with van der Waals surface area (Å²) in [5.41, 5.74) is 0.644. The zero-order valence-electron chi connectivity index (χ0n) is 9.67. The Kier molecular flexibility index (Phi) is 3.54. The van der Waals surface area contributed by atoms with Crippen LogP contribution >= 0.6 is 11.6 Å². The Bertz CT molecular complexity index is 491. The lowest BCUT2D eigenvalue weighted by Crippen LogP contribution is -2.50. The Morgan fingerprint density at radius 3 is 2.89 bits per heavy atom. The fraction of sp³-hybridized carbons (Fsp3) is 0.333. The van der Waals surface area contributed by atoms with E-state index < -0.39 is 18.1 Å². The van der Waals surface area contributed by atoms with E-state index >= 15 is 0 Å². The summed E-state index contributed by atoms with van der Waals surface area (Å²) < 4.78 is 5.10. The van der Waals surface area contributed by atoms with Gasteiger partial charge in [-0.15, -0.1) is 0 Å². The van der Waals surface area contributed by atoms with Gasteiger partial charge >= 0.3 is 5.97 Å². The molecule has 2 rings (SSSR count). The lowest BCUT2D eigenvalue weighted by molar-refractivity contribution is -0.171. The van der Waals surface area contributed by atoms with Crippen LogP contribution in [-0.2, 0) is 14.3 Å². The van der Waals surface area contributed by atoms with Crippen molar-refractivity contribution in [2.75, 3.05) is 13.7 Å². The Morgan fingerprint density at radius 2 is 2.28 bits per heavy atom. The van der Waals surface area contributed by atoms with Gasteiger partial charge in [-0.3, -0.25) is 4.79 Å². The molecule has 2 atom stereocenters. The molecule has 0 spiro atoms. The number of morpholine rings is 1. The highest BCUT2D eigenvalue weighted by atomic mass is 35.5. The van der Waals surface area contributed by atoms with Gasteiger partial charge in [-0.1, -0.05) is 23.7 Å². The van der Waals surface area contributed by atoms with Crippen LogP contribution in [0.15, 0.2) is 24.3 Å². The van der Waals surface area contributed by atoms with Crippen molar-refractivity contribution >= 4 is 23.5 Å². The fourth-order valence-electron chi connectivity index (χ4n) is 2.01. The monoisotopic (exact) mass is 269 g/mol. The highest BCUT2D eigenvalue weighted by Crippen LogP contribution is 2.30. The van der Waals surface area contributed by atoms with Crippen LogP contribution in [-0.4, -0.2) is 41.6 Å². The Balaban J connectivity index is 2.41. The fourth-order valence-corrected chi connectivity index (χ4v) is 2.21. The SMILES string of the molecule is CN1C(=O)CO[C@H](C(=O)O)[C@H]1c1cccc(Cl)c1. The molecule has 96 valence electrons. The molecule has 0 saturated carbocycles. The van der Waals surface area contributed by atoms with Crippen molar-refractivity contribution in [3.63, 3.8) is 0 Å². The van der Waals surface area contributed by atoms with E-state index in [1.54, 1.807) is 31.3 Å². The number of aliphatic carboxylic acids is 1. The number of halogens is 1. The number of amides is 1. The molecule has 0 bridgehead atoms. The second-order valence-corrected chi connectivity index (χ2v) is 4.51. The van der Waals surface area contributed by atoms with E-state index in [0.717, 1.165) is 0 Å². The minimum Gasteiger partial charge on any atom is -0.479 e. The number of carboxylic acids is 1. The first-order chi connectivity index (χ1) is 8.50. The minimum atomic E-state index is -1.10. The maximum Gasteiger partial charge on any atom is 0.335 e. The van der Waals surface area contributed by atoms with E-state index in [1.807, 2.05) is 0 Å². The van der Waals surface area contributed by atoms with E-state index in [2.05, 4.69) is 0 Å². The summed E-state index contributed by atoms with van der Waals surface area (Å²) in [5.74, 6) is -1.35. The number of hydrogen-bond donors (Lipinski definition) is 1. The predicted molar refractivity (Wildman–Crippen MR) is 64.3 cm³/mol. The molecule has 6 heteroatoms. The number of carboxylic acid groups (broad SMARTS) is 1. The molecule has 0 aliphatic carbocycles. The molecule has 1 aromatic rings. The molecule has 1 aliphatic heterocycles. The summed E-state index contributed by atoms with van der Waals surface area (Å²) >= 11 is 5.88. The van der Waals surface area contributed by atoms with E-state index in [4.69, 9.17) is 21.4 Å². The van der Waals surface area contributed by atoms with Crippen molar-refractivity contribution in [1.82, 2.24) is 4.90 Å². The van der Waals surface area contributed by atoms with E-state index in [-0.39, 0.29) is 12.5 Å². The molecule has 1 fully saturated rings. The molecule has 0 radical (unpaired) electrons. The van der Waals surface area contributed by atoms with Crippen LogP contribution in [0.4, 0.5) is 0 Å². The molecule has 1 heterocycles. The largest absolute Gasteiger partial charge is 0.479 e. The van der Waals surface area contributed by atoms with Crippen molar-refractivity contribution in [3.8, 4) is 0 Å². The van der Waals surface area contributed by atoms with Crippen LogP contribution in [0.1, 0.15) is 11.6 Å². The summed E-state index contributed by atoms with van der Waals surface area (Å²) in [6.07, 6.45) is -1.08. The van der Waals surface area contributed by atoms with Gasteiger partial charge in [0.05, 0.1) is 6.04 Å². The minimum absolute atomic E-state index is 0.218. The van der Waals surface area contributed by atoms with Gasteiger partial charge in [0.25, 0.3) is 0 Å². The molecule has 5 nitrogen and oxygen atoms in total. The molecule has 0 aromatic heterocycles. The zero-order chi connectivity index (χ0) is 13.3. The lowest BCUT2D eigenvalue weighted by atomic mass is 9.98. The second-order valence-electron chi connectivity index (χ2n) is 4.07. The third-order valence-corrected chi connectivity index (χ3v) is 3.15. The van der Waals surface area contributed by atoms with Crippen molar-refractivity contribution < 1.29 is 19.4 Å². The van der Waals surface area contributed by atoms with Gasteiger partial charge in [0.1, 0.15) is 6.61 Å². The Hall–Kier alpha value is -1.59. The van der Waals surface area contributed by atoms with Crippen LogP contribution in [0.25, 0.3) is 0 Å². The van der Waals surface area contributed by atoms with E-state index in [1.165, 1.54) is 4.90 Å². The highest BCUT2D eigenvalue weighted by molar-refractivity contribution is 6.30. The molecule has 1 amide bonds. The molecular formula is C12H12ClNO4. The normalized spacial score (nSPS) is 24.1. The first kappa shape index (κ1) is 12.9. The van der Waals surface area contributed by atoms with Crippen LogP contribution in [0.2, 0.25) is 5.02 Å². The average molecular weight is 270 g/mol. The van der Waals surface area contributed by atoms with E-state index in [0.29, 0.717) is 10.6 Å². The molecule has 0 unspecified atom stereocenters. The summed E-state index contributed by atoms with van der Waals surface area (Å²) in [6.45, 7) is -0.218. The molecular weight excluding hydrogens is 258 g/mol. The van der Waals surface area contributed by atoms with Crippen LogP contribution in [0, 0.1) is 0 Å². The van der Waals surface area contributed by atoms with Crippen LogP contribution in [0.5, 0.6) is 0 Å². The molecule has 1 aromatic carbocycles. The second kappa shape index (κ2) is 4.96. The Labute approximate surface area is 109 Å². The predicted octanol–water partition coefficient (Wildman–Crippen LogP) is 1.32. The number of carbonyl (C=O) groups is 2. The van der Waals surface area contributed by atoms with Crippen molar-refractivity contribution in [2.24, 2.45) is 0 Å². The van der Waals surface area contributed by atoms with Crippen molar-refractivity contribution in [1.29, 1.82) is 0 Å². The van der Waals surface area contributed by atoms with Gasteiger partial charge in [0, 0.05) is 12.1 Å². The third kappa shape index (κ3) is 2.32. The molecule has 1 aliphatic rings. The van der Waals surface area contributed by atoms with Gasteiger partial charge in [-0.2, -0.15) is 0 Å². The maximum atomic E-state index is 11.6. The summed E-state index contributed by atoms with van der Waals surface area (Å²) in [6, 6.07) is 6.10. The summed E-state index contributed by atoms with van der Waals surface area (Å²) in [5, 5.41) is 9.64. The first-order valence-electron chi connectivity index (χ1n) is 5.36. The number of carbonyl (C=O) groups excluding carboxylic acids is 1. The van der Waals surface area contributed by atoms with Gasteiger partial charge < -0.3 is 14.7 Å². The number of rotatable bonds is 2. The van der Waals surface area contributed by atoms with E-state index in [9.17, 15) is 9.59 Å². The summed E-state index contributed by atoms with van der Waals surface area (Å²) in [7, 11) is 1.56. The zero-order valence-corrected chi connectivity index (χ0v) is 10.4. The Morgan fingerprint density at radius 1 is 1.56 bits per heavy atom. The number of benzene rings is 1. The van der Waals surface area contributed by atoms with Crippen LogP contribution in [0.3, 0.4) is 0 Å². The molecule has 1 N–H and O–H groups in total. The van der Waals surface area contributed by atoms with Gasteiger partial charge in [0.2, 0.25) is 5.91 Å². The van der Waals surface area contributed by atoms with Crippen molar-refractivity contribution in [3.05, 3.63) is 34.9 Å². The maximum absolute atomic E-state index is 11.6. The average Bonchev–Trinajstić information content (AvgIpc) is 2.32. The van der Waals surface area contributed by atoms with Gasteiger partial charge in [0.15, 0.2) is 6.10 Å². The first-order valence-corrected chi connectivity index (χ1v) is 5.74. The molecule has 18 heavy (non-hydrogen) atoms. The number of ether oxygens (including phenoxy) is 1. The van der Waals surface area contributed by atoms with Gasteiger partial charge in [-0.25, -0.2) is 4.79 Å². The number of hydrogen-bond acceptors (Lipinski definition) is 3. The van der Waals surface area contributed by atoms with Crippen molar-refractivity contribution in [2.45, 2.75) is 12.1 Å². The lowest BCUT2D eigenvalue weighted by Gasteiger charge is -2.37. The van der Waals surface area contributed by atoms with Gasteiger partial charge in [-0.05, 0) is 17.7 Å². The smallest absolute Gasteiger partial charge is 0.335 e. The van der Waals surface area contributed by atoms with Crippen LogP contribution < -0.4 is 0 Å². The topological polar surface area (TPSA) is 66.8 Å². The third-order valence-electron chi connectivity index (χ3n) is 2.92.